The van der Waals surface area contributed by atoms with Crippen molar-refractivity contribution < 1.29 is 43.1 Å². The van der Waals surface area contributed by atoms with Gasteiger partial charge < -0.3 is 33.5 Å². The number of benzene rings is 3. The maximum atomic E-state index is 12.1. The van der Waals surface area contributed by atoms with Crippen molar-refractivity contribution in [3.63, 3.8) is 0 Å². The molecule has 0 radical (unpaired) electrons. The second-order valence-electron chi connectivity index (χ2n) is 12.0. The van der Waals surface area contributed by atoms with E-state index in [2.05, 4.69) is 0 Å². The Balaban J connectivity index is 1.86. The van der Waals surface area contributed by atoms with E-state index < -0.39 is 40.9 Å². The van der Waals surface area contributed by atoms with Crippen molar-refractivity contribution in [1.29, 1.82) is 0 Å². The molecule has 9 nitrogen and oxygen atoms in total. The van der Waals surface area contributed by atoms with Crippen LogP contribution < -0.4 is 14.2 Å². The molecule has 3 aromatic rings. The van der Waals surface area contributed by atoms with E-state index in [1.54, 1.807) is 57.2 Å². The van der Waals surface area contributed by atoms with Crippen molar-refractivity contribution in [3.8, 4) is 17.2 Å². The van der Waals surface area contributed by atoms with Crippen LogP contribution in [0.15, 0.2) is 87.5 Å². The molecule has 43 heavy (non-hydrogen) atoms. The second kappa shape index (κ2) is 14.6. The molecule has 0 spiro atoms. The first-order valence-corrected chi connectivity index (χ1v) is 15.1. The van der Waals surface area contributed by atoms with E-state index in [9.17, 15) is 14.7 Å². The van der Waals surface area contributed by atoms with Crippen LogP contribution in [0.3, 0.4) is 0 Å². The molecule has 0 aliphatic heterocycles. The van der Waals surface area contributed by atoms with Crippen molar-refractivity contribution in [1.82, 2.24) is 0 Å². The van der Waals surface area contributed by atoms with Crippen LogP contribution in [-0.4, -0.2) is 41.7 Å². The molecule has 0 aliphatic carbocycles. The minimum atomic E-state index is -1.42. The van der Waals surface area contributed by atoms with Gasteiger partial charge in [0, 0.05) is 0 Å². The molecule has 0 saturated heterocycles. The maximum absolute atomic E-state index is 12.1. The Morgan fingerprint density at radius 3 is 1.49 bits per heavy atom. The Morgan fingerprint density at radius 1 is 0.674 bits per heavy atom. The Labute approximate surface area is 256 Å². The van der Waals surface area contributed by atoms with Crippen molar-refractivity contribution in [2.45, 2.75) is 87.8 Å². The van der Waals surface area contributed by atoms with Gasteiger partial charge in [-0.15, -0.1) is 0 Å². The summed E-state index contributed by atoms with van der Waals surface area (Å²) >= 11 is 0. The van der Waals surface area contributed by atoms with Crippen molar-refractivity contribution >= 4 is 23.2 Å². The summed E-state index contributed by atoms with van der Waals surface area (Å²) in [6, 6.07) is 21.7. The first kappa shape index (κ1) is 33.8. The highest BCUT2D eigenvalue weighted by Crippen LogP contribution is 2.34. The second-order valence-corrected chi connectivity index (χ2v) is 14.0. The van der Waals surface area contributed by atoms with Crippen LogP contribution in [0.4, 0.5) is 9.59 Å². The van der Waals surface area contributed by atoms with Crippen LogP contribution >= 0.6 is 0 Å². The quantitative estimate of drug-likeness (QED) is 0.106. The topological polar surface area (TPSA) is 110 Å². The minimum absolute atomic E-state index is 0.198. The number of rotatable bonds is 10. The summed E-state index contributed by atoms with van der Waals surface area (Å²) in [6.45, 7) is 13.5. The number of hydrogen-bond donors (Lipinski definition) is 1. The zero-order chi connectivity index (χ0) is 31.8. The predicted octanol–water partition coefficient (Wildman–Crippen LogP) is 7.74. The lowest BCUT2D eigenvalue weighted by Crippen LogP contribution is -2.31. The SMILES string of the molecule is CC(C)COC(=O)Oc1ccc([S+](c2ccc(OC(=O)OC(C)(C)C)cc2)c2ccc(OC(O)OC(C)(C)C)cc2)cc1. The lowest BCUT2D eigenvalue weighted by atomic mass is 10.2. The van der Waals surface area contributed by atoms with Crippen LogP contribution in [0, 0.1) is 5.92 Å². The summed E-state index contributed by atoms with van der Waals surface area (Å²) in [5.41, 5.74) is -1.25. The van der Waals surface area contributed by atoms with Gasteiger partial charge in [0.05, 0.1) is 23.1 Å². The Bertz CT molecular complexity index is 1320. The highest BCUT2D eigenvalue weighted by Gasteiger charge is 2.30. The van der Waals surface area contributed by atoms with Gasteiger partial charge in [-0.3, -0.25) is 0 Å². The molecule has 0 fully saturated rings. The van der Waals surface area contributed by atoms with Crippen LogP contribution in [0.2, 0.25) is 0 Å². The average molecular weight is 614 g/mol. The monoisotopic (exact) mass is 613 g/mol. The Morgan fingerprint density at radius 2 is 1.09 bits per heavy atom. The van der Waals surface area contributed by atoms with Gasteiger partial charge in [-0.2, -0.15) is 0 Å². The third-order valence-electron chi connectivity index (χ3n) is 5.20. The van der Waals surface area contributed by atoms with Gasteiger partial charge in [0.2, 0.25) is 0 Å². The lowest BCUT2D eigenvalue weighted by Gasteiger charge is -2.23. The number of aliphatic hydroxyl groups is 1. The van der Waals surface area contributed by atoms with E-state index in [1.807, 2.05) is 71.0 Å². The maximum Gasteiger partial charge on any atom is 0.514 e. The molecule has 0 bridgehead atoms. The minimum Gasteiger partial charge on any atom is -0.441 e. The molecule has 0 saturated carbocycles. The standard InChI is InChI=1S/C33H41O9S/c1-22(2)21-37-29(34)38-23-9-15-26(16-10-23)43(27-17-11-24(12-18-27)39-30(35)41-32(3,4)5)28-19-13-25(14-20-28)40-31(36)42-33(6,7)8/h9-20,22,30,35H,21H2,1-8H3/q+1. The first-order chi connectivity index (χ1) is 20.1. The fourth-order valence-electron chi connectivity index (χ4n) is 3.52. The zero-order valence-electron chi connectivity index (χ0n) is 25.9. The number of ether oxygens (including phenoxy) is 6. The predicted molar refractivity (Wildman–Crippen MR) is 163 cm³/mol. The third kappa shape index (κ3) is 11.8. The molecular formula is C33H41O9S+. The fraction of sp³-hybridized carbons (Fsp3) is 0.394. The van der Waals surface area contributed by atoms with E-state index >= 15 is 0 Å². The molecular weight excluding hydrogens is 572 g/mol. The van der Waals surface area contributed by atoms with Crippen LogP contribution in [0.25, 0.3) is 0 Å². The van der Waals surface area contributed by atoms with E-state index in [0.717, 1.165) is 14.7 Å². The van der Waals surface area contributed by atoms with E-state index in [4.69, 9.17) is 28.4 Å². The Kier molecular flexibility index (Phi) is 11.5. The molecule has 0 aromatic heterocycles. The highest BCUT2D eigenvalue weighted by atomic mass is 32.2. The summed E-state index contributed by atoms with van der Waals surface area (Å²) in [6.07, 6.45) is -1.54. The van der Waals surface area contributed by atoms with Crippen LogP contribution in [-0.2, 0) is 25.1 Å². The first-order valence-electron chi connectivity index (χ1n) is 13.9. The number of carbonyl (C=O) groups is 2. The molecule has 0 heterocycles. The lowest BCUT2D eigenvalue weighted by molar-refractivity contribution is -0.259. The molecule has 2 unspecified atom stereocenters. The molecule has 2 atom stereocenters. The molecule has 3 aromatic carbocycles. The summed E-state index contributed by atoms with van der Waals surface area (Å²) in [7, 11) is -0.612. The summed E-state index contributed by atoms with van der Waals surface area (Å²) in [4.78, 5) is 27.0. The van der Waals surface area contributed by atoms with Gasteiger partial charge in [-0.05, 0) is 120 Å². The van der Waals surface area contributed by atoms with Gasteiger partial charge in [0.15, 0.2) is 14.7 Å². The zero-order valence-corrected chi connectivity index (χ0v) is 26.7. The number of hydrogen-bond acceptors (Lipinski definition) is 9. The van der Waals surface area contributed by atoms with Gasteiger partial charge in [0.25, 0.3) is 0 Å². The number of aliphatic hydroxyl groups excluding tert-OH is 1. The van der Waals surface area contributed by atoms with Crippen LogP contribution in [0.1, 0.15) is 55.4 Å². The average Bonchev–Trinajstić information content (AvgIpc) is 2.88. The number of carbonyl (C=O) groups excluding carboxylic acids is 2. The van der Waals surface area contributed by atoms with E-state index in [0.29, 0.717) is 17.2 Å². The normalized spacial score (nSPS) is 13.2. The van der Waals surface area contributed by atoms with E-state index in [-0.39, 0.29) is 12.5 Å². The van der Waals surface area contributed by atoms with E-state index in [1.165, 1.54) is 0 Å². The van der Waals surface area contributed by atoms with Crippen LogP contribution in [0.5, 0.6) is 17.2 Å². The van der Waals surface area contributed by atoms with Crippen molar-refractivity contribution in [2.24, 2.45) is 5.92 Å². The van der Waals surface area contributed by atoms with Gasteiger partial charge >= 0.3 is 18.8 Å². The van der Waals surface area contributed by atoms with Crippen molar-refractivity contribution in [2.75, 3.05) is 6.61 Å². The highest BCUT2D eigenvalue weighted by molar-refractivity contribution is 7.97. The molecule has 232 valence electrons. The van der Waals surface area contributed by atoms with Gasteiger partial charge in [-0.1, -0.05) is 13.8 Å². The molecule has 0 aliphatic rings. The smallest absolute Gasteiger partial charge is 0.441 e. The third-order valence-corrected chi connectivity index (χ3v) is 7.43. The molecule has 10 heteroatoms. The summed E-state index contributed by atoms with van der Waals surface area (Å²) in [5.74, 6) is 1.35. The largest absolute Gasteiger partial charge is 0.514 e. The van der Waals surface area contributed by atoms with Gasteiger partial charge in [-0.25, -0.2) is 9.59 Å². The summed E-state index contributed by atoms with van der Waals surface area (Å²) < 4.78 is 32.0. The van der Waals surface area contributed by atoms with Crippen molar-refractivity contribution in [3.05, 3.63) is 72.8 Å². The molecule has 1 N–H and O–H groups in total. The summed E-state index contributed by atoms with van der Waals surface area (Å²) in [5, 5.41) is 10.1. The Hall–Kier alpha value is -3.73. The fourth-order valence-corrected chi connectivity index (χ4v) is 5.56. The van der Waals surface area contributed by atoms with Gasteiger partial charge in [0.1, 0.15) is 22.8 Å². The molecule has 3 rings (SSSR count). The molecule has 0 amide bonds.